The molecule has 0 spiro atoms. The quantitative estimate of drug-likeness (QED) is 0.299. The van der Waals surface area contributed by atoms with Crippen LogP contribution in [0.5, 0.6) is 5.75 Å². The normalized spacial score (nSPS) is 11.0. The standard InChI is InChI=1S/C26H25N3O6/c1-16(2)29-23(10-11-27-29)28-24(30)15-34-26(32)19-6-4-18(5-7-19)14-33-20-8-9-21-17(3)12-25(31)35-22(21)13-20/h4-13,16H,14-15H2,1-3H3,(H,28,30). The number of benzene rings is 2. The minimum absolute atomic E-state index is 0.0801. The molecule has 0 saturated carbocycles. The third kappa shape index (κ3) is 5.75. The number of aryl methyl sites for hydroxylation is 1. The number of carbonyl (C=O) groups is 2. The van der Waals surface area contributed by atoms with Gasteiger partial charge in [-0.25, -0.2) is 14.3 Å². The van der Waals surface area contributed by atoms with Crippen molar-refractivity contribution in [3.63, 3.8) is 0 Å². The summed E-state index contributed by atoms with van der Waals surface area (Å²) in [5.74, 6) is 0.0331. The second-order valence-corrected chi connectivity index (χ2v) is 8.27. The van der Waals surface area contributed by atoms with Crippen LogP contribution in [0.15, 0.2) is 70.0 Å². The van der Waals surface area contributed by atoms with Gasteiger partial charge in [-0.05, 0) is 56.2 Å². The van der Waals surface area contributed by atoms with Crippen molar-refractivity contribution in [3.8, 4) is 5.75 Å². The summed E-state index contributed by atoms with van der Waals surface area (Å²) in [6, 6.07) is 15.2. The molecule has 0 aliphatic carbocycles. The van der Waals surface area contributed by atoms with E-state index in [1.54, 1.807) is 53.3 Å². The number of aromatic nitrogens is 2. The van der Waals surface area contributed by atoms with E-state index in [1.165, 1.54) is 6.07 Å². The number of nitrogens with zero attached hydrogens (tertiary/aromatic N) is 2. The smallest absolute Gasteiger partial charge is 0.338 e. The number of esters is 1. The molecule has 180 valence electrons. The van der Waals surface area contributed by atoms with Crippen LogP contribution in [0.1, 0.15) is 41.4 Å². The first kappa shape index (κ1) is 23.7. The zero-order chi connectivity index (χ0) is 24.9. The Hall–Kier alpha value is -4.40. The van der Waals surface area contributed by atoms with E-state index in [-0.39, 0.29) is 12.6 Å². The minimum atomic E-state index is -0.607. The van der Waals surface area contributed by atoms with Crippen LogP contribution in [-0.2, 0) is 16.1 Å². The third-order valence-electron chi connectivity index (χ3n) is 5.28. The molecule has 0 bridgehead atoms. The maximum atomic E-state index is 12.3. The van der Waals surface area contributed by atoms with Crippen molar-refractivity contribution in [3.05, 3.63) is 87.9 Å². The van der Waals surface area contributed by atoms with Gasteiger partial charge in [0.1, 0.15) is 23.8 Å². The van der Waals surface area contributed by atoms with Crippen LogP contribution in [-0.4, -0.2) is 28.3 Å². The monoisotopic (exact) mass is 475 g/mol. The molecule has 4 aromatic rings. The minimum Gasteiger partial charge on any atom is -0.489 e. The number of hydrogen-bond acceptors (Lipinski definition) is 7. The van der Waals surface area contributed by atoms with Gasteiger partial charge < -0.3 is 19.2 Å². The Morgan fingerprint density at radius 3 is 2.60 bits per heavy atom. The van der Waals surface area contributed by atoms with Crippen molar-refractivity contribution in [1.29, 1.82) is 0 Å². The summed E-state index contributed by atoms with van der Waals surface area (Å²) in [6.45, 7) is 5.58. The molecule has 9 nitrogen and oxygen atoms in total. The van der Waals surface area contributed by atoms with Crippen LogP contribution >= 0.6 is 0 Å². The fraction of sp³-hybridized carbons (Fsp3) is 0.231. The maximum absolute atomic E-state index is 12.3. The maximum Gasteiger partial charge on any atom is 0.338 e. The summed E-state index contributed by atoms with van der Waals surface area (Å²) in [6.07, 6.45) is 1.59. The van der Waals surface area contributed by atoms with E-state index in [9.17, 15) is 14.4 Å². The average Bonchev–Trinajstić information content (AvgIpc) is 3.29. The number of rotatable bonds is 8. The fourth-order valence-corrected chi connectivity index (χ4v) is 3.52. The van der Waals surface area contributed by atoms with Crippen LogP contribution in [0.4, 0.5) is 5.82 Å². The molecule has 2 heterocycles. The molecule has 35 heavy (non-hydrogen) atoms. The molecule has 1 N–H and O–H groups in total. The highest BCUT2D eigenvalue weighted by Gasteiger charge is 2.13. The highest BCUT2D eigenvalue weighted by atomic mass is 16.5. The summed E-state index contributed by atoms with van der Waals surface area (Å²) in [5, 5.41) is 7.67. The summed E-state index contributed by atoms with van der Waals surface area (Å²) >= 11 is 0. The van der Waals surface area contributed by atoms with Gasteiger partial charge in [-0.15, -0.1) is 0 Å². The molecule has 0 saturated heterocycles. The van der Waals surface area contributed by atoms with Crippen LogP contribution < -0.4 is 15.7 Å². The van der Waals surface area contributed by atoms with Gasteiger partial charge in [0.2, 0.25) is 0 Å². The van der Waals surface area contributed by atoms with E-state index in [2.05, 4.69) is 10.4 Å². The van der Waals surface area contributed by atoms with Crippen LogP contribution in [0.3, 0.4) is 0 Å². The van der Waals surface area contributed by atoms with Crippen molar-refractivity contribution < 1.29 is 23.5 Å². The zero-order valence-electron chi connectivity index (χ0n) is 19.6. The molecule has 9 heteroatoms. The Morgan fingerprint density at radius 1 is 1.09 bits per heavy atom. The molecule has 2 aromatic heterocycles. The summed E-state index contributed by atoms with van der Waals surface area (Å²) in [5.41, 5.74) is 2.03. The number of fused-ring (bicyclic) bond motifs is 1. The highest BCUT2D eigenvalue weighted by molar-refractivity contribution is 5.95. The summed E-state index contributed by atoms with van der Waals surface area (Å²) in [7, 11) is 0. The van der Waals surface area contributed by atoms with Gasteiger partial charge in [0, 0.05) is 29.6 Å². The summed E-state index contributed by atoms with van der Waals surface area (Å²) < 4.78 is 17.8. The van der Waals surface area contributed by atoms with Crippen molar-refractivity contribution in [2.75, 3.05) is 11.9 Å². The predicted octanol–water partition coefficient (Wildman–Crippen LogP) is 4.25. The fourth-order valence-electron chi connectivity index (χ4n) is 3.52. The lowest BCUT2D eigenvalue weighted by Crippen LogP contribution is -2.23. The lowest BCUT2D eigenvalue weighted by Gasteiger charge is -2.12. The Bertz CT molecular complexity index is 1420. The Balaban J connectivity index is 1.30. The van der Waals surface area contributed by atoms with E-state index in [1.807, 2.05) is 26.8 Å². The molecule has 0 aliphatic rings. The molecule has 1 amide bonds. The molecule has 0 atom stereocenters. The molecular weight excluding hydrogens is 450 g/mol. The predicted molar refractivity (Wildman–Crippen MR) is 130 cm³/mol. The molecule has 2 aromatic carbocycles. The average molecular weight is 476 g/mol. The van der Waals surface area contributed by atoms with E-state index in [4.69, 9.17) is 13.9 Å². The SMILES string of the molecule is Cc1cc(=O)oc2cc(OCc3ccc(C(=O)OCC(=O)Nc4ccnn4C(C)C)cc3)ccc12. The number of anilines is 1. The van der Waals surface area contributed by atoms with Gasteiger partial charge in [0.05, 0.1) is 11.8 Å². The first-order valence-electron chi connectivity index (χ1n) is 11.1. The van der Waals surface area contributed by atoms with Gasteiger partial charge in [0.25, 0.3) is 5.91 Å². The molecule has 0 unspecified atom stereocenters. The van der Waals surface area contributed by atoms with E-state index in [0.717, 1.165) is 16.5 Å². The Labute approximate surface area is 201 Å². The van der Waals surface area contributed by atoms with Crippen LogP contribution in [0.25, 0.3) is 11.0 Å². The van der Waals surface area contributed by atoms with Crippen molar-refractivity contribution >= 4 is 28.7 Å². The second kappa shape index (κ2) is 10.3. The van der Waals surface area contributed by atoms with E-state index < -0.39 is 24.1 Å². The number of amides is 1. The molecule has 4 rings (SSSR count). The van der Waals surface area contributed by atoms with Gasteiger partial charge in [0.15, 0.2) is 6.61 Å². The molecular formula is C26H25N3O6. The highest BCUT2D eigenvalue weighted by Crippen LogP contribution is 2.23. The van der Waals surface area contributed by atoms with Gasteiger partial charge >= 0.3 is 11.6 Å². The first-order valence-corrected chi connectivity index (χ1v) is 11.1. The van der Waals surface area contributed by atoms with Crippen LogP contribution in [0, 0.1) is 6.92 Å². The Morgan fingerprint density at radius 2 is 1.86 bits per heavy atom. The van der Waals surface area contributed by atoms with Gasteiger partial charge in [-0.2, -0.15) is 5.10 Å². The topological polar surface area (TPSA) is 113 Å². The lowest BCUT2D eigenvalue weighted by molar-refractivity contribution is -0.119. The van der Waals surface area contributed by atoms with E-state index >= 15 is 0 Å². The summed E-state index contributed by atoms with van der Waals surface area (Å²) in [4.78, 5) is 36.1. The number of hydrogen-bond donors (Lipinski definition) is 1. The van der Waals surface area contributed by atoms with Crippen molar-refractivity contribution in [1.82, 2.24) is 9.78 Å². The van der Waals surface area contributed by atoms with E-state index in [0.29, 0.717) is 22.7 Å². The largest absolute Gasteiger partial charge is 0.489 e. The lowest BCUT2D eigenvalue weighted by atomic mass is 10.1. The number of carbonyl (C=O) groups excluding carboxylic acids is 2. The van der Waals surface area contributed by atoms with Crippen LogP contribution in [0.2, 0.25) is 0 Å². The second-order valence-electron chi connectivity index (χ2n) is 8.27. The van der Waals surface area contributed by atoms with Gasteiger partial charge in [-0.1, -0.05) is 12.1 Å². The van der Waals surface area contributed by atoms with Crippen molar-refractivity contribution in [2.45, 2.75) is 33.4 Å². The molecule has 0 radical (unpaired) electrons. The Kier molecular flexibility index (Phi) is 6.96. The molecule has 0 fully saturated rings. The van der Waals surface area contributed by atoms with Crippen molar-refractivity contribution in [2.24, 2.45) is 0 Å². The third-order valence-corrected chi connectivity index (χ3v) is 5.28. The first-order chi connectivity index (χ1) is 16.8. The zero-order valence-corrected chi connectivity index (χ0v) is 19.6. The number of nitrogens with one attached hydrogen (secondary N) is 1. The molecule has 0 aliphatic heterocycles. The number of ether oxygens (including phenoxy) is 2. The van der Waals surface area contributed by atoms with Gasteiger partial charge in [-0.3, -0.25) is 4.79 Å².